The fourth-order valence-corrected chi connectivity index (χ4v) is 3.61. The van der Waals surface area contributed by atoms with Crippen LogP contribution in [0.2, 0.25) is 0 Å². The van der Waals surface area contributed by atoms with Gasteiger partial charge in [-0.15, -0.1) is 13.2 Å². The molecule has 1 saturated heterocycles. The summed E-state index contributed by atoms with van der Waals surface area (Å²) in [6.45, 7) is 0.396. The Bertz CT molecular complexity index is 683. The molecule has 8 heteroatoms. The number of amides is 1. The molecule has 1 N–H and O–H groups in total. The zero-order valence-electron chi connectivity index (χ0n) is 14.1. The molecule has 0 unspecified atom stereocenters. The predicted molar refractivity (Wildman–Crippen MR) is 85.6 cm³/mol. The fourth-order valence-electron chi connectivity index (χ4n) is 3.61. The Hall–Kier alpha value is -2.25. The van der Waals surface area contributed by atoms with Crippen molar-refractivity contribution in [2.45, 2.75) is 56.3 Å². The van der Waals surface area contributed by atoms with Crippen molar-refractivity contribution in [1.82, 2.24) is 4.90 Å². The maximum atomic E-state index is 13.1. The van der Waals surface area contributed by atoms with Crippen molar-refractivity contribution >= 4 is 11.9 Å². The maximum Gasteiger partial charge on any atom is 0.573 e. The van der Waals surface area contributed by atoms with Crippen LogP contribution in [-0.4, -0.2) is 40.8 Å². The molecule has 2 fully saturated rings. The third kappa shape index (κ3) is 3.78. The minimum Gasteiger partial charge on any atom is -0.480 e. The van der Waals surface area contributed by atoms with Crippen molar-refractivity contribution in [1.29, 1.82) is 0 Å². The van der Waals surface area contributed by atoms with Crippen LogP contribution < -0.4 is 4.74 Å². The molecule has 0 spiro atoms. The van der Waals surface area contributed by atoms with Crippen LogP contribution in [0, 0.1) is 0 Å². The van der Waals surface area contributed by atoms with Gasteiger partial charge in [0.2, 0.25) is 5.91 Å². The Morgan fingerprint density at radius 3 is 2.31 bits per heavy atom. The van der Waals surface area contributed by atoms with E-state index >= 15 is 0 Å². The van der Waals surface area contributed by atoms with Crippen LogP contribution in [0.25, 0.3) is 0 Å². The number of carbonyl (C=O) groups excluding carboxylic acids is 1. The third-order valence-electron chi connectivity index (χ3n) is 5.10. The highest BCUT2D eigenvalue weighted by atomic mass is 19.4. The molecular formula is C18H20F3NO4. The van der Waals surface area contributed by atoms with Crippen LogP contribution in [0.3, 0.4) is 0 Å². The van der Waals surface area contributed by atoms with Gasteiger partial charge >= 0.3 is 12.3 Å². The topological polar surface area (TPSA) is 66.8 Å². The molecule has 2 aliphatic rings. The molecule has 1 aliphatic carbocycles. The van der Waals surface area contributed by atoms with E-state index in [2.05, 4.69) is 4.74 Å². The molecule has 1 saturated carbocycles. The first-order valence-corrected chi connectivity index (χ1v) is 8.63. The van der Waals surface area contributed by atoms with Gasteiger partial charge in [-0.05, 0) is 43.4 Å². The number of carboxylic acid groups (broad SMARTS) is 1. The largest absolute Gasteiger partial charge is 0.573 e. The fraction of sp³-hybridized carbons (Fsp3) is 0.556. The number of aliphatic carboxylic acids is 1. The highest BCUT2D eigenvalue weighted by Gasteiger charge is 2.54. The van der Waals surface area contributed by atoms with Gasteiger partial charge in [-0.3, -0.25) is 4.79 Å². The molecule has 26 heavy (non-hydrogen) atoms. The van der Waals surface area contributed by atoms with Crippen molar-refractivity contribution < 1.29 is 32.6 Å². The molecule has 3 rings (SSSR count). The second-order valence-electron chi connectivity index (χ2n) is 6.86. The summed E-state index contributed by atoms with van der Waals surface area (Å²) in [4.78, 5) is 26.1. The van der Waals surface area contributed by atoms with Gasteiger partial charge in [-0.25, -0.2) is 4.79 Å². The number of hydrogen-bond donors (Lipinski definition) is 1. The van der Waals surface area contributed by atoms with Crippen molar-refractivity contribution in [2.24, 2.45) is 0 Å². The number of hydrogen-bond acceptors (Lipinski definition) is 3. The van der Waals surface area contributed by atoms with Gasteiger partial charge in [-0.1, -0.05) is 25.0 Å². The summed E-state index contributed by atoms with van der Waals surface area (Å²) >= 11 is 0. The van der Waals surface area contributed by atoms with Crippen LogP contribution in [0.15, 0.2) is 24.3 Å². The van der Waals surface area contributed by atoms with E-state index in [1.807, 2.05) is 0 Å². The van der Waals surface area contributed by atoms with Crippen molar-refractivity contribution in [3.63, 3.8) is 0 Å². The zero-order chi connectivity index (χ0) is 18.9. The average Bonchev–Trinajstić information content (AvgIpc) is 3.37. The summed E-state index contributed by atoms with van der Waals surface area (Å²) in [5, 5.41) is 9.47. The number of rotatable bonds is 4. The smallest absolute Gasteiger partial charge is 0.480 e. The Balaban J connectivity index is 1.81. The first-order chi connectivity index (χ1) is 12.2. The molecule has 1 atom stereocenters. The summed E-state index contributed by atoms with van der Waals surface area (Å²) in [5.74, 6) is -1.59. The van der Waals surface area contributed by atoms with Gasteiger partial charge in [0.15, 0.2) is 0 Å². The number of benzene rings is 1. The molecule has 1 aliphatic heterocycles. The standard InChI is InChI=1S/C18H20F3NO4/c19-18(20,21)26-13-7-5-12(6-8-13)17(9-10-17)16(25)22-11-3-1-2-4-14(22)15(23)24/h5-8,14H,1-4,9-11H2,(H,23,24)/t14-/m0/s1. The monoisotopic (exact) mass is 371 g/mol. The quantitative estimate of drug-likeness (QED) is 0.880. The lowest BCUT2D eigenvalue weighted by Crippen LogP contribution is -2.49. The van der Waals surface area contributed by atoms with Crippen molar-refractivity contribution in [2.75, 3.05) is 6.54 Å². The first-order valence-electron chi connectivity index (χ1n) is 8.63. The Kier molecular flexibility index (Phi) is 4.86. The van der Waals surface area contributed by atoms with Crippen LogP contribution in [0.4, 0.5) is 13.2 Å². The molecule has 142 valence electrons. The third-order valence-corrected chi connectivity index (χ3v) is 5.10. The molecule has 1 amide bonds. The average molecular weight is 371 g/mol. The predicted octanol–water partition coefficient (Wildman–Crippen LogP) is 3.47. The lowest BCUT2D eigenvalue weighted by atomic mass is 9.93. The van der Waals surface area contributed by atoms with E-state index in [4.69, 9.17) is 0 Å². The lowest BCUT2D eigenvalue weighted by Gasteiger charge is -2.31. The summed E-state index contributed by atoms with van der Waals surface area (Å²) < 4.78 is 40.7. The van der Waals surface area contributed by atoms with Crippen LogP contribution >= 0.6 is 0 Å². The molecule has 0 radical (unpaired) electrons. The highest BCUT2D eigenvalue weighted by Crippen LogP contribution is 2.50. The second-order valence-corrected chi connectivity index (χ2v) is 6.86. The van der Waals surface area contributed by atoms with Crippen LogP contribution in [0.5, 0.6) is 5.75 Å². The number of carbonyl (C=O) groups is 2. The van der Waals surface area contributed by atoms with E-state index in [0.717, 1.165) is 19.3 Å². The molecule has 5 nitrogen and oxygen atoms in total. The molecule has 1 heterocycles. The SMILES string of the molecule is O=C(O)[C@@H]1CCCCCN1C(=O)C1(c2ccc(OC(F)(F)F)cc2)CC1. The minimum absolute atomic E-state index is 0.240. The summed E-state index contributed by atoms with van der Waals surface area (Å²) in [6.07, 6.45) is -0.821. The number of carboxylic acids is 1. The number of halogens is 3. The van der Waals surface area contributed by atoms with Gasteiger partial charge in [0.25, 0.3) is 0 Å². The van der Waals surface area contributed by atoms with Gasteiger partial charge in [-0.2, -0.15) is 0 Å². The normalized spacial score (nSPS) is 22.4. The summed E-state index contributed by atoms with van der Waals surface area (Å²) in [5.41, 5.74) is -0.222. The van der Waals surface area contributed by atoms with Crippen molar-refractivity contribution in [3.05, 3.63) is 29.8 Å². The van der Waals surface area contributed by atoms with Crippen molar-refractivity contribution in [3.8, 4) is 5.75 Å². The van der Waals surface area contributed by atoms with E-state index in [0.29, 0.717) is 31.4 Å². The number of ether oxygens (including phenoxy) is 1. The molecule has 1 aromatic rings. The Morgan fingerprint density at radius 1 is 1.12 bits per heavy atom. The second kappa shape index (κ2) is 6.81. The van der Waals surface area contributed by atoms with Gasteiger partial charge in [0, 0.05) is 6.54 Å². The molecule has 0 aromatic heterocycles. The Labute approximate surface area is 148 Å². The van der Waals surface area contributed by atoms with E-state index in [1.54, 1.807) is 0 Å². The Morgan fingerprint density at radius 2 is 1.77 bits per heavy atom. The highest BCUT2D eigenvalue weighted by molar-refractivity contribution is 5.94. The molecular weight excluding hydrogens is 351 g/mol. The van der Waals surface area contributed by atoms with E-state index < -0.39 is 23.8 Å². The number of nitrogens with zero attached hydrogens (tertiary/aromatic N) is 1. The molecule has 0 bridgehead atoms. The first kappa shape index (κ1) is 18.5. The number of alkyl halides is 3. The minimum atomic E-state index is -4.77. The van der Waals surface area contributed by atoms with Gasteiger partial charge in [0.05, 0.1) is 5.41 Å². The van der Waals surface area contributed by atoms with Crippen LogP contribution in [-0.2, 0) is 15.0 Å². The summed E-state index contributed by atoms with van der Waals surface area (Å²) in [7, 11) is 0. The van der Waals surface area contributed by atoms with E-state index in [-0.39, 0.29) is 11.7 Å². The van der Waals surface area contributed by atoms with E-state index in [1.165, 1.54) is 29.2 Å². The number of likely N-dealkylation sites (tertiary alicyclic amines) is 1. The summed E-state index contributed by atoms with van der Waals surface area (Å²) in [6, 6.07) is 4.45. The maximum absolute atomic E-state index is 13.1. The lowest BCUT2D eigenvalue weighted by molar-refractivity contribution is -0.274. The van der Waals surface area contributed by atoms with E-state index in [9.17, 15) is 27.9 Å². The van der Waals surface area contributed by atoms with Gasteiger partial charge in [0.1, 0.15) is 11.8 Å². The molecule has 1 aromatic carbocycles. The van der Waals surface area contributed by atoms with Gasteiger partial charge < -0.3 is 14.7 Å². The zero-order valence-corrected chi connectivity index (χ0v) is 14.1. The van der Waals surface area contributed by atoms with Crippen LogP contribution in [0.1, 0.15) is 44.1 Å².